The summed E-state index contributed by atoms with van der Waals surface area (Å²) in [7, 11) is 1.29. The molecule has 0 saturated carbocycles. The number of aryl methyl sites for hydroxylation is 1. The van der Waals surface area contributed by atoms with Crippen LogP contribution in [0.1, 0.15) is 17.5 Å². The van der Waals surface area contributed by atoms with E-state index >= 15 is 0 Å². The quantitative estimate of drug-likeness (QED) is 0.696. The van der Waals surface area contributed by atoms with Gasteiger partial charge < -0.3 is 4.74 Å². The number of nitrogens with zero attached hydrogens (tertiary/aromatic N) is 3. The number of rotatable bonds is 3. The number of methoxy groups -OCH3 is 1. The summed E-state index contributed by atoms with van der Waals surface area (Å²) in [5, 5.41) is 4.85. The predicted octanol–water partition coefficient (Wildman–Crippen LogP) is 2.59. The molecule has 0 radical (unpaired) electrons. The zero-order valence-electron chi connectivity index (χ0n) is 11.4. The maximum Gasteiger partial charge on any atom is 0.427 e. The lowest BCUT2D eigenvalue weighted by atomic mass is 10.3. The third-order valence-corrected chi connectivity index (χ3v) is 3.85. The Bertz CT molecular complexity index is 637. The highest BCUT2D eigenvalue weighted by atomic mass is 32.1. The molecule has 7 heteroatoms. The first-order valence-corrected chi connectivity index (χ1v) is 6.70. The van der Waals surface area contributed by atoms with Crippen molar-refractivity contribution in [1.82, 2.24) is 15.4 Å². The SMILES string of the molecule is COC(=O)N/N=C(\C)c1sc(-c2cccnc2)nc1C. The van der Waals surface area contributed by atoms with Crippen LogP contribution in [0.15, 0.2) is 29.6 Å². The molecule has 0 atom stereocenters. The van der Waals surface area contributed by atoms with Crippen LogP contribution in [0, 0.1) is 6.92 Å². The first-order chi connectivity index (χ1) is 9.61. The van der Waals surface area contributed by atoms with Gasteiger partial charge in [0.2, 0.25) is 0 Å². The van der Waals surface area contributed by atoms with Gasteiger partial charge in [-0.2, -0.15) is 5.10 Å². The van der Waals surface area contributed by atoms with E-state index in [-0.39, 0.29) is 0 Å². The summed E-state index contributed by atoms with van der Waals surface area (Å²) < 4.78 is 4.46. The Labute approximate surface area is 120 Å². The largest absolute Gasteiger partial charge is 0.452 e. The smallest absolute Gasteiger partial charge is 0.427 e. The first-order valence-electron chi connectivity index (χ1n) is 5.88. The molecule has 2 rings (SSSR count). The molecule has 6 nitrogen and oxygen atoms in total. The minimum absolute atomic E-state index is 0.598. The van der Waals surface area contributed by atoms with Crippen LogP contribution in [0.25, 0.3) is 10.6 Å². The normalized spacial score (nSPS) is 11.2. The Hall–Kier alpha value is -2.28. The van der Waals surface area contributed by atoms with Crippen molar-refractivity contribution >= 4 is 23.1 Å². The van der Waals surface area contributed by atoms with Gasteiger partial charge in [0.05, 0.1) is 23.4 Å². The highest BCUT2D eigenvalue weighted by molar-refractivity contribution is 7.17. The number of hydrogen-bond acceptors (Lipinski definition) is 6. The van der Waals surface area contributed by atoms with E-state index in [1.807, 2.05) is 26.0 Å². The van der Waals surface area contributed by atoms with Crippen molar-refractivity contribution in [2.24, 2.45) is 5.10 Å². The van der Waals surface area contributed by atoms with Gasteiger partial charge in [0.25, 0.3) is 0 Å². The lowest BCUT2D eigenvalue weighted by Crippen LogP contribution is -2.18. The van der Waals surface area contributed by atoms with Gasteiger partial charge in [0.1, 0.15) is 5.01 Å². The predicted molar refractivity (Wildman–Crippen MR) is 77.8 cm³/mol. The number of amides is 1. The second kappa shape index (κ2) is 6.25. The van der Waals surface area contributed by atoms with E-state index in [9.17, 15) is 4.79 Å². The van der Waals surface area contributed by atoms with Crippen LogP contribution in [0.4, 0.5) is 4.79 Å². The fraction of sp³-hybridized carbons (Fsp3) is 0.231. The molecule has 0 bridgehead atoms. The molecular formula is C13H14N4O2S. The summed E-state index contributed by atoms with van der Waals surface area (Å²) in [4.78, 5) is 20.5. The van der Waals surface area contributed by atoms with Crippen molar-refractivity contribution in [1.29, 1.82) is 0 Å². The molecule has 0 aliphatic heterocycles. The molecule has 1 N–H and O–H groups in total. The van der Waals surface area contributed by atoms with Gasteiger partial charge in [-0.1, -0.05) is 0 Å². The maximum atomic E-state index is 11.0. The van der Waals surface area contributed by atoms with Gasteiger partial charge in [-0.05, 0) is 26.0 Å². The molecule has 0 spiro atoms. The lowest BCUT2D eigenvalue weighted by molar-refractivity contribution is 0.171. The van der Waals surface area contributed by atoms with Crippen LogP contribution in [-0.2, 0) is 4.74 Å². The fourth-order valence-corrected chi connectivity index (χ4v) is 2.57. The van der Waals surface area contributed by atoms with Crippen LogP contribution in [-0.4, -0.2) is 28.9 Å². The summed E-state index contributed by atoms with van der Waals surface area (Å²) in [5.41, 5.74) is 4.80. The number of thiazole rings is 1. The number of pyridine rings is 1. The summed E-state index contributed by atoms with van der Waals surface area (Å²) in [5.74, 6) is 0. The summed E-state index contributed by atoms with van der Waals surface area (Å²) in [6.07, 6.45) is 2.89. The van der Waals surface area contributed by atoms with Crippen molar-refractivity contribution in [3.8, 4) is 10.6 Å². The minimum atomic E-state index is -0.598. The van der Waals surface area contributed by atoms with Crippen LogP contribution in [0.3, 0.4) is 0 Å². The zero-order chi connectivity index (χ0) is 14.5. The fourth-order valence-electron chi connectivity index (χ4n) is 1.57. The van der Waals surface area contributed by atoms with Crippen molar-refractivity contribution in [2.75, 3.05) is 7.11 Å². The molecule has 104 valence electrons. The van der Waals surface area contributed by atoms with Gasteiger partial charge in [0.15, 0.2) is 0 Å². The van der Waals surface area contributed by atoms with Crippen molar-refractivity contribution < 1.29 is 9.53 Å². The standard InChI is InChI=1S/C13H14N4O2S/c1-8-11(9(2)16-17-13(18)19-3)20-12(15-8)10-5-4-6-14-7-10/h4-7H,1-3H3,(H,17,18)/b16-9+. The van der Waals surface area contributed by atoms with Crippen molar-refractivity contribution in [3.63, 3.8) is 0 Å². The summed E-state index contributed by atoms with van der Waals surface area (Å²) in [6, 6.07) is 3.82. The Morgan fingerprint density at radius 2 is 2.30 bits per heavy atom. The zero-order valence-corrected chi connectivity index (χ0v) is 12.2. The molecule has 0 aliphatic rings. The summed E-state index contributed by atoms with van der Waals surface area (Å²) >= 11 is 1.51. The van der Waals surface area contributed by atoms with Gasteiger partial charge >= 0.3 is 6.09 Å². The number of hydrogen-bond donors (Lipinski definition) is 1. The van der Waals surface area contributed by atoms with E-state index in [4.69, 9.17) is 0 Å². The van der Waals surface area contributed by atoms with Crippen molar-refractivity contribution in [3.05, 3.63) is 35.1 Å². The molecule has 1 amide bonds. The van der Waals surface area contributed by atoms with Crippen LogP contribution in [0.5, 0.6) is 0 Å². The number of hydrazone groups is 1. The molecule has 0 fully saturated rings. The van der Waals surface area contributed by atoms with Gasteiger partial charge in [-0.3, -0.25) is 4.98 Å². The lowest BCUT2D eigenvalue weighted by Gasteiger charge is -1.99. The second-order valence-electron chi connectivity index (χ2n) is 3.98. The van der Waals surface area contributed by atoms with E-state index in [1.165, 1.54) is 18.4 Å². The average molecular weight is 290 g/mol. The number of nitrogens with one attached hydrogen (secondary N) is 1. The molecule has 0 aliphatic carbocycles. The molecule has 0 unspecified atom stereocenters. The first kappa shape index (κ1) is 14.1. The number of carbonyl (C=O) groups is 1. The molecular weight excluding hydrogens is 276 g/mol. The Morgan fingerprint density at radius 1 is 1.50 bits per heavy atom. The number of aromatic nitrogens is 2. The molecule has 0 saturated heterocycles. The minimum Gasteiger partial charge on any atom is -0.452 e. The number of carbonyl (C=O) groups excluding carboxylic acids is 1. The van der Waals surface area contributed by atoms with Crippen LogP contribution in [0.2, 0.25) is 0 Å². The van der Waals surface area contributed by atoms with Gasteiger partial charge in [-0.15, -0.1) is 11.3 Å². The monoisotopic (exact) mass is 290 g/mol. The highest BCUT2D eigenvalue weighted by Crippen LogP contribution is 2.27. The average Bonchev–Trinajstić information content (AvgIpc) is 2.87. The third-order valence-electron chi connectivity index (χ3n) is 2.53. The Kier molecular flexibility index (Phi) is 4.41. The molecule has 0 aromatic carbocycles. The molecule has 20 heavy (non-hydrogen) atoms. The molecule has 2 aromatic heterocycles. The third kappa shape index (κ3) is 3.18. The maximum absolute atomic E-state index is 11.0. The molecule has 2 heterocycles. The van der Waals surface area contributed by atoms with Crippen LogP contribution < -0.4 is 5.43 Å². The Balaban J connectivity index is 2.26. The topological polar surface area (TPSA) is 76.5 Å². The highest BCUT2D eigenvalue weighted by Gasteiger charge is 2.12. The van der Waals surface area contributed by atoms with E-state index in [1.54, 1.807) is 12.4 Å². The summed E-state index contributed by atoms with van der Waals surface area (Å²) in [6.45, 7) is 3.71. The van der Waals surface area contributed by atoms with E-state index in [0.717, 1.165) is 21.1 Å². The van der Waals surface area contributed by atoms with Crippen LogP contribution >= 0.6 is 11.3 Å². The van der Waals surface area contributed by atoms with Crippen molar-refractivity contribution in [2.45, 2.75) is 13.8 Å². The van der Waals surface area contributed by atoms with E-state index in [2.05, 4.69) is 25.2 Å². The Morgan fingerprint density at radius 3 is 2.95 bits per heavy atom. The van der Waals surface area contributed by atoms with Gasteiger partial charge in [-0.25, -0.2) is 15.2 Å². The van der Waals surface area contributed by atoms with E-state index < -0.39 is 6.09 Å². The molecule has 2 aromatic rings. The van der Waals surface area contributed by atoms with Gasteiger partial charge in [0, 0.05) is 18.0 Å². The van der Waals surface area contributed by atoms with E-state index in [0.29, 0.717) is 5.71 Å². The second-order valence-corrected chi connectivity index (χ2v) is 4.97. The number of ether oxygens (including phenoxy) is 1.